The van der Waals surface area contributed by atoms with Gasteiger partial charge in [-0.1, -0.05) is 73.3 Å². The van der Waals surface area contributed by atoms with Gasteiger partial charge in [0, 0.05) is 18.7 Å². The Morgan fingerprint density at radius 3 is 1.96 bits per heavy atom. The standard InChI is InChI=1S/C18H34N2O.C3H8/c1-6-9-11-17(12-10-7-2)20-18(13-16(5)21)19-14-15(4)8-3;1-3-2/h14,17-18,20H,4,6-13H2,1-3,5H3;3H2,1-2H3/b19-14-;. The molecule has 24 heavy (non-hydrogen) atoms. The summed E-state index contributed by atoms with van der Waals surface area (Å²) >= 11 is 0. The minimum Gasteiger partial charge on any atom is -0.300 e. The van der Waals surface area contributed by atoms with Gasteiger partial charge >= 0.3 is 0 Å². The van der Waals surface area contributed by atoms with E-state index in [-0.39, 0.29) is 11.9 Å². The zero-order valence-corrected chi connectivity index (χ0v) is 17.2. The number of allylic oxidation sites excluding steroid dienone is 1. The summed E-state index contributed by atoms with van der Waals surface area (Å²) < 4.78 is 0. The molecule has 0 bridgehead atoms. The van der Waals surface area contributed by atoms with Crippen LogP contribution in [-0.2, 0) is 4.79 Å². The maximum atomic E-state index is 11.4. The molecular formula is C21H42N2O. The molecule has 1 atom stereocenters. The van der Waals surface area contributed by atoms with Gasteiger partial charge in [-0.2, -0.15) is 0 Å². The Kier molecular flexibility index (Phi) is 19.4. The number of rotatable bonds is 13. The van der Waals surface area contributed by atoms with Crippen LogP contribution in [0.3, 0.4) is 0 Å². The Morgan fingerprint density at radius 2 is 1.58 bits per heavy atom. The molecule has 3 heteroatoms. The van der Waals surface area contributed by atoms with Crippen molar-refractivity contribution >= 4 is 12.0 Å². The van der Waals surface area contributed by atoms with E-state index >= 15 is 0 Å². The van der Waals surface area contributed by atoms with Crippen LogP contribution in [0.5, 0.6) is 0 Å². The van der Waals surface area contributed by atoms with E-state index in [0.29, 0.717) is 12.5 Å². The van der Waals surface area contributed by atoms with Crippen molar-refractivity contribution < 1.29 is 4.79 Å². The number of hydrogen-bond donors (Lipinski definition) is 1. The van der Waals surface area contributed by atoms with Crippen LogP contribution in [0.4, 0.5) is 0 Å². The first-order chi connectivity index (χ1) is 11.4. The summed E-state index contributed by atoms with van der Waals surface area (Å²) in [5, 5.41) is 3.57. The molecule has 0 saturated heterocycles. The SMILES string of the molecule is C=C(/C=N\C(CC(C)=O)NC(CCCC)CCCC)CC.CCC. The molecule has 0 amide bonds. The quantitative estimate of drug-likeness (QED) is 0.413. The number of aliphatic imine (C=N–C) groups is 1. The van der Waals surface area contributed by atoms with Crippen molar-refractivity contribution in [3.8, 4) is 0 Å². The van der Waals surface area contributed by atoms with Gasteiger partial charge in [0.05, 0.1) is 0 Å². The fourth-order valence-corrected chi connectivity index (χ4v) is 2.20. The molecular weight excluding hydrogens is 296 g/mol. The molecule has 0 aromatic heterocycles. The molecule has 0 rings (SSSR count). The lowest BCUT2D eigenvalue weighted by Crippen LogP contribution is -2.38. The van der Waals surface area contributed by atoms with E-state index in [9.17, 15) is 4.79 Å². The Hall–Kier alpha value is -0.960. The Balaban J connectivity index is 0. The summed E-state index contributed by atoms with van der Waals surface area (Å²) in [6.45, 7) is 16.3. The highest BCUT2D eigenvalue weighted by Gasteiger charge is 2.15. The zero-order chi connectivity index (χ0) is 18.8. The van der Waals surface area contributed by atoms with E-state index in [1.165, 1.54) is 32.1 Å². The molecule has 0 saturated carbocycles. The third-order valence-corrected chi connectivity index (χ3v) is 3.61. The first kappa shape index (κ1) is 25.3. The molecule has 0 aromatic carbocycles. The fourth-order valence-electron chi connectivity index (χ4n) is 2.20. The van der Waals surface area contributed by atoms with Gasteiger partial charge in [-0.3, -0.25) is 15.1 Å². The van der Waals surface area contributed by atoms with E-state index in [0.717, 1.165) is 24.8 Å². The summed E-state index contributed by atoms with van der Waals surface area (Å²) in [6.07, 6.45) is 11.5. The van der Waals surface area contributed by atoms with Gasteiger partial charge in [0.25, 0.3) is 0 Å². The molecule has 3 nitrogen and oxygen atoms in total. The van der Waals surface area contributed by atoms with Crippen LogP contribution < -0.4 is 5.32 Å². The number of Topliss-reactive ketones (excluding diaryl/α,β-unsaturated/α-hetero) is 1. The Morgan fingerprint density at radius 1 is 1.08 bits per heavy atom. The highest BCUT2D eigenvalue weighted by molar-refractivity contribution is 5.79. The van der Waals surface area contributed by atoms with Crippen LogP contribution in [0, 0.1) is 0 Å². The average molecular weight is 339 g/mol. The second-order valence-electron chi connectivity index (χ2n) is 6.57. The van der Waals surface area contributed by atoms with E-state index < -0.39 is 0 Å². The molecule has 0 aliphatic carbocycles. The number of unbranched alkanes of at least 4 members (excludes halogenated alkanes) is 2. The first-order valence-corrected chi connectivity index (χ1v) is 9.91. The lowest BCUT2D eigenvalue weighted by Gasteiger charge is -2.23. The van der Waals surface area contributed by atoms with E-state index in [2.05, 4.69) is 51.5 Å². The predicted molar refractivity (Wildman–Crippen MR) is 109 cm³/mol. The Labute approximate surface area is 151 Å². The van der Waals surface area contributed by atoms with Gasteiger partial charge in [0.2, 0.25) is 0 Å². The maximum absolute atomic E-state index is 11.4. The van der Waals surface area contributed by atoms with E-state index in [1.807, 2.05) is 6.21 Å². The predicted octanol–water partition coefficient (Wildman–Crippen LogP) is 6.08. The summed E-state index contributed by atoms with van der Waals surface area (Å²) in [7, 11) is 0. The van der Waals surface area contributed by atoms with Crippen LogP contribution in [-0.4, -0.2) is 24.2 Å². The fraction of sp³-hybridized carbons (Fsp3) is 0.810. The van der Waals surface area contributed by atoms with Crippen LogP contribution in [0.2, 0.25) is 0 Å². The molecule has 0 aliphatic rings. The number of carbonyl (C=O) groups is 1. The number of hydrogen-bond acceptors (Lipinski definition) is 3. The molecule has 1 unspecified atom stereocenters. The molecule has 142 valence electrons. The van der Waals surface area contributed by atoms with E-state index in [1.54, 1.807) is 6.92 Å². The van der Waals surface area contributed by atoms with Crippen molar-refractivity contribution in [2.24, 2.45) is 4.99 Å². The molecule has 0 heterocycles. The minimum absolute atomic E-state index is 0.107. The highest BCUT2D eigenvalue weighted by Crippen LogP contribution is 2.11. The molecule has 0 aliphatic heterocycles. The molecule has 0 spiro atoms. The van der Waals surface area contributed by atoms with Crippen molar-refractivity contribution in [1.29, 1.82) is 0 Å². The van der Waals surface area contributed by atoms with Crippen LogP contribution in [0.15, 0.2) is 17.1 Å². The van der Waals surface area contributed by atoms with E-state index in [4.69, 9.17) is 0 Å². The summed E-state index contributed by atoms with van der Waals surface area (Å²) in [5.41, 5.74) is 1.00. The van der Waals surface area contributed by atoms with Crippen molar-refractivity contribution in [2.45, 2.75) is 112 Å². The van der Waals surface area contributed by atoms with Crippen molar-refractivity contribution in [3.05, 3.63) is 12.2 Å². The lowest BCUT2D eigenvalue weighted by molar-refractivity contribution is -0.117. The smallest absolute Gasteiger partial charge is 0.133 e. The maximum Gasteiger partial charge on any atom is 0.133 e. The summed E-state index contributed by atoms with van der Waals surface area (Å²) in [5.74, 6) is 0.177. The summed E-state index contributed by atoms with van der Waals surface area (Å²) in [6, 6.07) is 0.460. The molecule has 0 fully saturated rings. The van der Waals surface area contributed by atoms with Gasteiger partial charge in [-0.25, -0.2) is 0 Å². The number of nitrogens with one attached hydrogen (secondary N) is 1. The van der Waals surface area contributed by atoms with Gasteiger partial charge in [-0.15, -0.1) is 0 Å². The first-order valence-electron chi connectivity index (χ1n) is 9.91. The normalized spacial score (nSPS) is 12.1. The molecule has 1 N–H and O–H groups in total. The third-order valence-electron chi connectivity index (χ3n) is 3.61. The second-order valence-corrected chi connectivity index (χ2v) is 6.57. The molecule has 0 radical (unpaired) electrons. The third kappa shape index (κ3) is 17.4. The largest absolute Gasteiger partial charge is 0.300 e. The van der Waals surface area contributed by atoms with Crippen LogP contribution >= 0.6 is 0 Å². The highest BCUT2D eigenvalue weighted by atomic mass is 16.1. The Bertz CT molecular complexity index is 329. The topological polar surface area (TPSA) is 41.5 Å². The molecule has 0 aromatic rings. The van der Waals surface area contributed by atoms with Gasteiger partial charge in [-0.05, 0) is 31.8 Å². The van der Waals surface area contributed by atoms with Crippen molar-refractivity contribution in [2.75, 3.05) is 0 Å². The number of carbonyl (C=O) groups excluding carboxylic acids is 1. The van der Waals surface area contributed by atoms with Gasteiger partial charge < -0.3 is 0 Å². The number of ketones is 1. The lowest BCUT2D eigenvalue weighted by atomic mass is 10.0. The average Bonchev–Trinajstić information content (AvgIpc) is 2.54. The van der Waals surface area contributed by atoms with Crippen LogP contribution in [0.25, 0.3) is 0 Å². The van der Waals surface area contributed by atoms with Gasteiger partial charge in [0.1, 0.15) is 11.9 Å². The zero-order valence-electron chi connectivity index (χ0n) is 17.2. The van der Waals surface area contributed by atoms with Crippen molar-refractivity contribution in [1.82, 2.24) is 5.32 Å². The number of nitrogens with zero attached hydrogens (tertiary/aromatic N) is 1. The van der Waals surface area contributed by atoms with Crippen molar-refractivity contribution in [3.63, 3.8) is 0 Å². The monoisotopic (exact) mass is 338 g/mol. The van der Waals surface area contributed by atoms with Gasteiger partial charge in [0.15, 0.2) is 0 Å². The minimum atomic E-state index is -0.107. The summed E-state index contributed by atoms with van der Waals surface area (Å²) in [4.78, 5) is 16.0. The van der Waals surface area contributed by atoms with Crippen LogP contribution in [0.1, 0.15) is 99.3 Å². The second kappa shape index (κ2) is 18.4.